The van der Waals surface area contributed by atoms with Gasteiger partial charge in [-0.05, 0) is 18.2 Å². The van der Waals surface area contributed by atoms with Crippen molar-refractivity contribution in [1.82, 2.24) is 9.80 Å². The monoisotopic (exact) mass is 410 g/mol. The molecule has 28 heavy (non-hydrogen) atoms. The summed E-state index contributed by atoms with van der Waals surface area (Å²) in [4.78, 5) is 27.0. The van der Waals surface area contributed by atoms with Crippen LogP contribution in [0.3, 0.4) is 0 Å². The van der Waals surface area contributed by atoms with E-state index in [-0.39, 0.29) is 51.8 Å². The molecule has 1 aromatic carbocycles. The fourth-order valence-corrected chi connectivity index (χ4v) is 6.22. The molecule has 0 unspecified atom stereocenters. The van der Waals surface area contributed by atoms with Crippen molar-refractivity contribution in [2.75, 3.05) is 45.9 Å². The van der Waals surface area contributed by atoms with E-state index in [9.17, 15) is 18.0 Å². The minimum atomic E-state index is -3.61. The molecule has 0 N–H and O–H groups in total. The van der Waals surface area contributed by atoms with Crippen LogP contribution < -0.4 is 9.47 Å². The molecule has 0 saturated carbocycles. The summed E-state index contributed by atoms with van der Waals surface area (Å²) < 4.78 is 41.1. The van der Waals surface area contributed by atoms with Gasteiger partial charge in [0, 0.05) is 45.1 Å². The second-order valence-electron chi connectivity index (χ2n) is 7.10. The van der Waals surface area contributed by atoms with Crippen molar-refractivity contribution in [3.05, 3.63) is 23.8 Å². The Labute approximate surface area is 163 Å². The standard InChI is InChI=1S/C18H22N2O7S/c1-25-9-8-20-16(21)11-28(23,24)18(20)4-6-19(7-5-18)17(22)13-2-3-14-15(10-13)27-12-26-14/h2-3,10H,4-9,11-12H2,1H3. The number of methoxy groups -OCH3 is 1. The van der Waals surface area contributed by atoms with E-state index in [0.717, 1.165) is 0 Å². The summed E-state index contributed by atoms with van der Waals surface area (Å²) in [6, 6.07) is 4.99. The van der Waals surface area contributed by atoms with Crippen LogP contribution in [0, 0.1) is 0 Å². The highest BCUT2D eigenvalue weighted by atomic mass is 32.2. The molecule has 1 aromatic rings. The third-order valence-corrected chi connectivity index (χ3v) is 8.07. The topological polar surface area (TPSA) is 102 Å². The number of hydrogen-bond acceptors (Lipinski definition) is 7. The van der Waals surface area contributed by atoms with Gasteiger partial charge in [-0.25, -0.2) is 8.42 Å². The predicted molar refractivity (Wildman–Crippen MR) is 97.8 cm³/mol. The summed E-state index contributed by atoms with van der Waals surface area (Å²) in [6.45, 7) is 1.13. The highest BCUT2D eigenvalue weighted by Gasteiger charge is 2.58. The van der Waals surface area contributed by atoms with E-state index in [0.29, 0.717) is 17.1 Å². The average molecular weight is 410 g/mol. The lowest BCUT2D eigenvalue weighted by Gasteiger charge is -2.43. The Morgan fingerprint density at radius 1 is 1.21 bits per heavy atom. The van der Waals surface area contributed by atoms with E-state index >= 15 is 0 Å². The first-order valence-corrected chi connectivity index (χ1v) is 10.7. The van der Waals surface area contributed by atoms with Gasteiger partial charge in [-0.2, -0.15) is 0 Å². The second kappa shape index (κ2) is 6.93. The van der Waals surface area contributed by atoms with Gasteiger partial charge in [0.2, 0.25) is 12.7 Å². The van der Waals surface area contributed by atoms with Crippen LogP contribution in [-0.4, -0.2) is 80.8 Å². The molecule has 2 fully saturated rings. The van der Waals surface area contributed by atoms with Crippen molar-refractivity contribution in [3.63, 3.8) is 0 Å². The van der Waals surface area contributed by atoms with Gasteiger partial charge in [0.1, 0.15) is 10.6 Å². The number of ether oxygens (including phenoxy) is 3. The largest absolute Gasteiger partial charge is 0.454 e. The Morgan fingerprint density at radius 2 is 1.93 bits per heavy atom. The molecule has 0 aliphatic carbocycles. The molecule has 152 valence electrons. The first kappa shape index (κ1) is 19.0. The fraction of sp³-hybridized carbons (Fsp3) is 0.556. The molecule has 0 bridgehead atoms. The number of nitrogens with zero attached hydrogens (tertiary/aromatic N) is 2. The Bertz CT molecular complexity index is 907. The fourth-order valence-electron chi connectivity index (χ4n) is 4.13. The van der Waals surface area contributed by atoms with Gasteiger partial charge in [-0.15, -0.1) is 0 Å². The van der Waals surface area contributed by atoms with E-state index in [2.05, 4.69) is 0 Å². The van der Waals surface area contributed by atoms with E-state index in [4.69, 9.17) is 14.2 Å². The van der Waals surface area contributed by atoms with Crippen LogP contribution >= 0.6 is 0 Å². The Morgan fingerprint density at radius 3 is 2.64 bits per heavy atom. The predicted octanol–water partition coefficient (Wildman–Crippen LogP) is 0.251. The maximum atomic E-state index is 12.9. The SMILES string of the molecule is COCCN1C(=O)CS(=O)(=O)C12CCN(C(=O)c1ccc3c(c1)OCO3)CC2. The van der Waals surface area contributed by atoms with E-state index in [1.54, 1.807) is 23.1 Å². The molecular weight excluding hydrogens is 388 g/mol. The van der Waals surface area contributed by atoms with Crippen LogP contribution in [0.5, 0.6) is 11.5 Å². The third kappa shape index (κ3) is 2.91. The number of amides is 2. The molecule has 3 heterocycles. The van der Waals surface area contributed by atoms with Crippen LogP contribution in [0.15, 0.2) is 18.2 Å². The second-order valence-corrected chi connectivity index (χ2v) is 9.38. The van der Waals surface area contributed by atoms with E-state index in [1.807, 2.05) is 0 Å². The molecule has 9 nitrogen and oxygen atoms in total. The number of likely N-dealkylation sites (tertiary alicyclic amines) is 1. The van der Waals surface area contributed by atoms with Crippen molar-refractivity contribution in [3.8, 4) is 11.5 Å². The van der Waals surface area contributed by atoms with Gasteiger partial charge in [-0.3, -0.25) is 9.59 Å². The molecule has 0 radical (unpaired) electrons. The first-order valence-electron chi connectivity index (χ1n) is 9.09. The van der Waals surface area contributed by atoms with Crippen molar-refractivity contribution in [2.24, 2.45) is 0 Å². The number of hydrogen-bond donors (Lipinski definition) is 0. The van der Waals surface area contributed by atoms with Crippen LogP contribution in [0.25, 0.3) is 0 Å². The Hall–Kier alpha value is -2.33. The molecule has 2 saturated heterocycles. The van der Waals surface area contributed by atoms with Crippen LogP contribution in [-0.2, 0) is 19.4 Å². The normalized spacial score (nSPS) is 22.1. The lowest BCUT2D eigenvalue weighted by Crippen LogP contribution is -2.57. The molecule has 3 aliphatic rings. The lowest BCUT2D eigenvalue weighted by molar-refractivity contribution is -0.131. The highest BCUT2D eigenvalue weighted by Crippen LogP contribution is 2.40. The average Bonchev–Trinajstić information content (AvgIpc) is 3.21. The summed E-state index contributed by atoms with van der Waals surface area (Å²) in [5.41, 5.74) is 0.460. The maximum Gasteiger partial charge on any atom is 0.253 e. The smallest absolute Gasteiger partial charge is 0.253 e. The Kier molecular flexibility index (Phi) is 4.70. The molecular formula is C18H22N2O7S. The maximum absolute atomic E-state index is 12.9. The van der Waals surface area contributed by atoms with Gasteiger partial charge in [0.25, 0.3) is 5.91 Å². The van der Waals surface area contributed by atoms with Gasteiger partial charge < -0.3 is 24.0 Å². The molecule has 3 aliphatic heterocycles. The van der Waals surface area contributed by atoms with Crippen LogP contribution in [0.2, 0.25) is 0 Å². The number of carbonyl (C=O) groups is 2. The van der Waals surface area contributed by atoms with Crippen molar-refractivity contribution in [1.29, 1.82) is 0 Å². The summed E-state index contributed by atoms with van der Waals surface area (Å²) in [5, 5.41) is 0. The quantitative estimate of drug-likeness (QED) is 0.701. The summed E-state index contributed by atoms with van der Waals surface area (Å²) in [5.74, 6) is 0.0470. The lowest BCUT2D eigenvalue weighted by atomic mass is 10.0. The van der Waals surface area contributed by atoms with Crippen LogP contribution in [0.1, 0.15) is 23.2 Å². The molecule has 0 atom stereocenters. The van der Waals surface area contributed by atoms with Crippen LogP contribution in [0.4, 0.5) is 0 Å². The molecule has 2 amide bonds. The third-order valence-electron chi connectivity index (χ3n) is 5.66. The molecule has 0 aromatic heterocycles. The highest BCUT2D eigenvalue weighted by molar-refractivity contribution is 7.93. The van der Waals surface area contributed by atoms with Crippen molar-refractivity contribution in [2.45, 2.75) is 17.7 Å². The van der Waals surface area contributed by atoms with E-state index in [1.165, 1.54) is 12.0 Å². The zero-order chi connectivity index (χ0) is 19.9. The Balaban J connectivity index is 1.51. The summed E-state index contributed by atoms with van der Waals surface area (Å²) >= 11 is 0. The molecule has 10 heteroatoms. The molecule has 1 spiro atoms. The minimum absolute atomic E-state index is 0.127. The van der Waals surface area contributed by atoms with E-state index < -0.39 is 26.4 Å². The number of carbonyl (C=O) groups excluding carboxylic acids is 2. The summed E-state index contributed by atoms with van der Waals surface area (Å²) in [7, 11) is -2.11. The van der Waals surface area contributed by atoms with Gasteiger partial charge in [-0.1, -0.05) is 0 Å². The minimum Gasteiger partial charge on any atom is -0.454 e. The summed E-state index contributed by atoms with van der Waals surface area (Å²) in [6.07, 6.45) is 0.391. The number of piperidine rings is 1. The number of sulfone groups is 1. The zero-order valence-electron chi connectivity index (χ0n) is 15.5. The van der Waals surface area contributed by atoms with Crippen molar-refractivity contribution < 1.29 is 32.2 Å². The number of fused-ring (bicyclic) bond motifs is 1. The van der Waals surface area contributed by atoms with Crippen molar-refractivity contribution >= 4 is 21.7 Å². The number of benzene rings is 1. The number of rotatable bonds is 4. The van der Waals surface area contributed by atoms with Gasteiger partial charge >= 0.3 is 0 Å². The first-order chi connectivity index (χ1) is 13.4. The zero-order valence-corrected chi connectivity index (χ0v) is 16.4. The van der Waals surface area contributed by atoms with Gasteiger partial charge in [0.15, 0.2) is 21.3 Å². The molecule has 4 rings (SSSR count). The van der Waals surface area contributed by atoms with Gasteiger partial charge in [0.05, 0.1) is 6.61 Å².